The molecule has 0 spiro atoms. The highest BCUT2D eigenvalue weighted by molar-refractivity contribution is 7.84. The summed E-state index contributed by atoms with van der Waals surface area (Å²) in [6, 6.07) is 2.25. The van der Waals surface area contributed by atoms with Gasteiger partial charge in [0, 0.05) is 13.1 Å². The second kappa shape index (κ2) is 6.55. The van der Waals surface area contributed by atoms with Crippen LogP contribution in [0.4, 0.5) is 4.79 Å². The van der Waals surface area contributed by atoms with Crippen LogP contribution >= 0.6 is 0 Å². The predicted molar refractivity (Wildman–Crippen MR) is 86.4 cm³/mol. The molecule has 0 saturated carbocycles. The van der Waals surface area contributed by atoms with Gasteiger partial charge in [0.1, 0.15) is 11.1 Å². The quantitative estimate of drug-likeness (QED) is 0.843. The maximum absolute atomic E-state index is 12.2. The SMILES string of the molecule is CC(C)(C)OC(=O)N1CCC(C#N)(NS(=O)C(C)(C)C)CC1. The molecular formula is C15H27N3O3S. The molecular weight excluding hydrogens is 302 g/mol. The summed E-state index contributed by atoms with van der Waals surface area (Å²) in [5.74, 6) is 0. The Bertz CT molecular complexity index is 478. The molecule has 0 bridgehead atoms. The summed E-state index contributed by atoms with van der Waals surface area (Å²) in [7, 11) is -1.32. The molecule has 0 aromatic carbocycles. The van der Waals surface area contributed by atoms with Crippen LogP contribution in [0.5, 0.6) is 0 Å². The average Bonchev–Trinajstić information content (AvgIpc) is 2.36. The Balaban J connectivity index is 2.67. The van der Waals surface area contributed by atoms with E-state index in [-0.39, 0.29) is 6.09 Å². The Labute approximate surface area is 135 Å². The van der Waals surface area contributed by atoms with Gasteiger partial charge in [-0.1, -0.05) is 0 Å². The Hall–Kier alpha value is -1.13. The highest BCUT2D eigenvalue weighted by atomic mass is 32.2. The number of piperidine rings is 1. The van der Waals surface area contributed by atoms with Crippen LogP contribution in [-0.4, -0.2) is 44.2 Å². The van der Waals surface area contributed by atoms with Crippen molar-refractivity contribution in [3.8, 4) is 6.07 Å². The largest absolute Gasteiger partial charge is 0.444 e. The van der Waals surface area contributed by atoms with E-state index in [1.165, 1.54) is 0 Å². The minimum absolute atomic E-state index is 0.365. The fourth-order valence-corrected chi connectivity index (χ4v) is 2.88. The molecule has 1 unspecified atom stereocenters. The smallest absolute Gasteiger partial charge is 0.410 e. The Morgan fingerprint density at radius 1 is 1.23 bits per heavy atom. The van der Waals surface area contributed by atoms with Crippen LogP contribution in [0.15, 0.2) is 0 Å². The van der Waals surface area contributed by atoms with E-state index in [1.807, 2.05) is 41.5 Å². The lowest BCUT2D eigenvalue weighted by atomic mass is 9.90. The molecule has 0 aromatic heterocycles. The van der Waals surface area contributed by atoms with Crippen LogP contribution in [0.3, 0.4) is 0 Å². The third kappa shape index (κ3) is 5.25. The van der Waals surface area contributed by atoms with Crippen molar-refractivity contribution in [2.75, 3.05) is 13.1 Å². The molecule has 1 heterocycles. The Kier molecular flexibility index (Phi) is 5.63. The van der Waals surface area contributed by atoms with Crippen molar-refractivity contribution in [2.45, 2.75) is 70.3 Å². The number of nitrogens with zero attached hydrogens (tertiary/aromatic N) is 2. The van der Waals surface area contributed by atoms with Gasteiger partial charge in [-0.25, -0.2) is 13.7 Å². The van der Waals surface area contributed by atoms with Crippen molar-refractivity contribution >= 4 is 17.1 Å². The van der Waals surface area contributed by atoms with Gasteiger partial charge in [0.2, 0.25) is 0 Å². The molecule has 1 aliphatic rings. The monoisotopic (exact) mass is 329 g/mol. The number of rotatable bonds is 2. The summed E-state index contributed by atoms with van der Waals surface area (Å²) in [6.07, 6.45) is 0.505. The van der Waals surface area contributed by atoms with E-state index in [1.54, 1.807) is 4.90 Å². The summed E-state index contributed by atoms with van der Waals surface area (Å²) in [4.78, 5) is 13.6. The third-order valence-corrected chi connectivity index (χ3v) is 5.02. The molecule has 7 heteroatoms. The van der Waals surface area contributed by atoms with Gasteiger partial charge in [-0.3, -0.25) is 0 Å². The lowest BCUT2D eigenvalue weighted by Crippen LogP contribution is -2.56. The number of hydrogen-bond acceptors (Lipinski definition) is 4. The minimum atomic E-state index is -1.32. The highest BCUT2D eigenvalue weighted by Gasteiger charge is 2.40. The first-order valence-electron chi connectivity index (χ1n) is 7.47. The maximum Gasteiger partial charge on any atom is 0.410 e. The second-order valence-electron chi connectivity index (χ2n) is 7.64. The zero-order valence-electron chi connectivity index (χ0n) is 14.4. The summed E-state index contributed by atoms with van der Waals surface area (Å²) in [5.41, 5.74) is -1.39. The van der Waals surface area contributed by atoms with Gasteiger partial charge in [-0.15, -0.1) is 0 Å². The first kappa shape index (κ1) is 18.9. The van der Waals surface area contributed by atoms with Crippen LogP contribution in [0, 0.1) is 11.3 Å². The summed E-state index contributed by atoms with van der Waals surface area (Å²) < 4.78 is 20.1. The van der Waals surface area contributed by atoms with Crippen molar-refractivity contribution in [3.63, 3.8) is 0 Å². The maximum atomic E-state index is 12.2. The van der Waals surface area contributed by atoms with E-state index in [2.05, 4.69) is 10.8 Å². The standard InChI is InChI=1S/C15H27N3O3S/c1-13(2,3)21-12(19)18-9-7-15(11-16,8-10-18)17-22(20)14(4,5)6/h17H,7-10H2,1-6H3. The van der Waals surface area contributed by atoms with E-state index in [9.17, 15) is 14.3 Å². The summed E-state index contributed by atoms with van der Waals surface area (Å²) in [6.45, 7) is 11.9. The zero-order valence-corrected chi connectivity index (χ0v) is 15.2. The molecule has 1 rings (SSSR count). The van der Waals surface area contributed by atoms with Crippen molar-refractivity contribution in [3.05, 3.63) is 0 Å². The lowest BCUT2D eigenvalue weighted by molar-refractivity contribution is 0.0184. The number of ether oxygens (including phenoxy) is 1. The van der Waals surface area contributed by atoms with Crippen molar-refractivity contribution in [1.82, 2.24) is 9.62 Å². The van der Waals surface area contributed by atoms with Crippen LogP contribution < -0.4 is 4.72 Å². The molecule has 1 amide bonds. The normalized spacial score (nSPS) is 20.1. The number of likely N-dealkylation sites (tertiary alicyclic amines) is 1. The fourth-order valence-electron chi connectivity index (χ4n) is 1.96. The van der Waals surface area contributed by atoms with Gasteiger partial charge in [0.05, 0.1) is 21.8 Å². The lowest BCUT2D eigenvalue weighted by Gasteiger charge is -2.39. The molecule has 1 fully saturated rings. The highest BCUT2D eigenvalue weighted by Crippen LogP contribution is 2.25. The van der Waals surface area contributed by atoms with Crippen molar-refractivity contribution in [2.24, 2.45) is 0 Å². The number of hydrogen-bond donors (Lipinski definition) is 1. The summed E-state index contributed by atoms with van der Waals surface area (Å²) in [5, 5.41) is 9.49. The van der Waals surface area contributed by atoms with E-state index >= 15 is 0 Å². The van der Waals surface area contributed by atoms with Crippen LogP contribution in [-0.2, 0) is 15.7 Å². The minimum Gasteiger partial charge on any atom is -0.444 e. The molecule has 0 aromatic rings. The Morgan fingerprint density at radius 2 is 1.73 bits per heavy atom. The first-order valence-corrected chi connectivity index (χ1v) is 8.62. The molecule has 0 radical (unpaired) electrons. The summed E-state index contributed by atoms with van der Waals surface area (Å²) >= 11 is 0. The predicted octanol–water partition coefficient (Wildman–Crippen LogP) is 2.33. The van der Waals surface area contributed by atoms with E-state index < -0.39 is 26.9 Å². The van der Waals surface area contributed by atoms with Crippen LogP contribution in [0.2, 0.25) is 0 Å². The van der Waals surface area contributed by atoms with E-state index in [0.29, 0.717) is 25.9 Å². The molecule has 6 nitrogen and oxygen atoms in total. The number of nitrogens with one attached hydrogen (secondary N) is 1. The molecule has 0 aliphatic carbocycles. The number of nitriles is 1. The van der Waals surface area contributed by atoms with Gasteiger partial charge in [0.25, 0.3) is 0 Å². The van der Waals surface area contributed by atoms with Crippen LogP contribution in [0.25, 0.3) is 0 Å². The fraction of sp³-hybridized carbons (Fsp3) is 0.867. The average molecular weight is 329 g/mol. The Morgan fingerprint density at radius 3 is 2.09 bits per heavy atom. The van der Waals surface area contributed by atoms with Crippen molar-refractivity contribution < 1.29 is 13.7 Å². The first-order chi connectivity index (χ1) is 9.88. The molecule has 22 heavy (non-hydrogen) atoms. The zero-order chi connectivity index (χ0) is 17.2. The topological polar surface area (TPSA) is 82.4 Å². The second-order valence-corrected chi connectivity index (χ2v) is 9.61. The molecule has 126 valence electrons. The van der Waals surface area contributed by atoms with Gasteiger partial charge >= 0.3 is 6.09 Å². The molecule has 1 N–H and O–H groups in total. The molecule has 1 saturated heterocycles. The van der Waals surface area contributed by atoms with Gasteiger partial charge in [0.15, 0.2) is 0 Å². The van der Waals surface area contributed by atoms with E-state index in [4.69, 9.17) is 4.74 Å². The van der Waals surface area contributed by atoms with Gasteiger partial charge in [-0.05, 0) is 54.4 Å². The molecule has 1 atom stereocenters. The van der Waals surface area contributed by atoms with E-state index in [0.717, 1.165) is 0 Å². The third-order valence-electron chi connectivity index (χ3n) is 3.33. The molecule has 1 aliphatic heterocycles. The number of carbonyl (C=O) groups excluding carboxylic acids is 1. The van der Waals surface area contributed by atoms with Crippen LogP contribution in [0.1, 0.15) is 54.4 Å². The number of amides is 1. The van der Waals surface area contributed by atoms with Gasteiger partial charge in [-0.2, -0.15) is 5.26 Å². The van der Waals surface area contributed by atoms with Crippen molar-refractivity contribution in [1.29, 1.82) is 5.26 Å². The number of carbonyl (C=O) groups is 1. The van der Waals surface area contributed by atoms with Gasteiger partial charge < -0.3 is 9.64 Å².